The lowest BCUT2D eigenvalue weighted by molar-refractivity contribution is 0.0322. The summed E-state index contributed by atoms with van der Waals surface area (Å²) in [7, 11) is 0. The van der Waals surface area contributed by atoms with Gasteiger partial charge in [-0.3, -0.25) is 9.88 Å². The molecule has 38 heavy (non-hydrogen) atoms. The Morgan fingerprint density at radius 2 is 1.89 bits per heavy atom. The van der Waals surface area contributed by atoms with Crippen molar-refractivity contribution in [3.63, 3.8) is 0 Å². The summed E-state index contributed by atoms with van der Waals surface area (Å²) in [4.78, 5) is 23.2. The number of hydrogen-bond acceptors (Lipinski definition) is 6. The zero-order valence-corrected chi connectivity index (χ0v) is 21.6. The van der Waals surface area contributed by atoms with E-state index in [9.17, 15) is 9.90 Å². The summed E-state index contributed by atoms with van der Waals surface area (Å²) >= 11 is 0. The van der Waals surface area contributed by atoms with Crippen molar-refractivity contribution in [3.8, 4) is 28.3 Å². The van der Waals surface area contributed by atoms with Crippen LogP contribution in [0.1, 0.15) is 52.9 Å². The second-order valence-electron chi connectivity index (χ2n) is 11.3. The number of aromatic amines is 1. The van der Waals surface area contributed by atoms with Gasteiger partial charge in [-0.05, 0) is 80.0 Å². The van der Waals surface area contributed by atoms with Crippen molar-refractivity contribution in [2.24, 2.45) is 5.73 Å². The summed E-state index contributed by atoms with van der Waals surface area (Å²) in [5.74, 6) is -0.0113. The molecule has 0 amide bonds. The van der Waals surface area contributed by atoms with Crippen LogP contribution in [0.2, 0.25) is 0 Å². The van der Waals surface area contributed by atoms with Gasteiger partial charge >= 0.3 is 5.97 Å². The summed E-state index contributed by atoms with van der Waals surface area (Å²) in [5.41, 5.74) is 13.4. The summed E-state index contributed by atoms with van der Waals surface area (Å²) in [6.45, 7) is 5.03. The molecule has 4 aliphatic rings. The average molecular weight is 515 g/mol. The molecule has 198 valence electrons. The Hall–Kier alpha value is -3.20. The Bertz CT molecular complexity index is 1380. The molecule has 8 nitrogen and oxygen atoms in total. The summed E-state index contributed by atoms with van der Waals surface area (Å²) < 4.78 is 11.4. The van der Waals surface area contributed by atoms with E-state index >= 15 is 0 Å². The van der Waals surface area contributed by atoms with Crippen LogP contribution < -0.4 is 10.5 Å². The first-order valence-corrected chi connectivity index (χ1v) is 13.8. The summed E-state index contributed by atoms with van der Waals surface area (Å²) in [6.07, 6.45) is 7.27. The minimum absolute atomic E-state index is 0.217. The van der Waals surface area contributed by atoms with Crippen LogP contribution in [0.25, 0.3) is 22.5 Å². The van der Waals surface area contributed by atoms with E-state index in [2.05, 4.69) is 16.0 Å². The number of H-pyrrole nitrogens is 1. The molecule has 0 atom stereocenters. The maximum Gasteiger partial charge on any atom is 0.337 e. The van der Waals surface area contributed by atoms with Gasteiger partial charge in [0.1, 0.15) is 12.4 Å². The number of hydrogen-bond donors (Lipinski definition) is 3. The van der Waals surface area contributed by atoms with Gasteiger partial charge in [0.25, 0.3) is 0 Å². The fraction of sp³-hybridized carbons (Fsp3) is 0.467. The number of morpholine rings is 1. The van der Waals surface area contributed by atoms with Gasteiger partial charge in [0, 0.05) is 53.6 Å². The van der Waals surface area contributed by atoms with E-state index in [0.29, 0.717) is 18.6 Å². The number of nitrogens with zero attached hydrogens (tertiary/aromatic N) is 2. The molecule has 3 fully saturated rings. The Morgan fingerprint density at radius 3 is 2.58 bits per heavy atom. The van der Waals surface area contributed by atoms with E-state index in [1.165, 1.54) is 0 Å². The van der Waals surface area contributed by atoms with Crippen molar-refractivity contribution in [3.05, 3.63) is 58.9 Å². The molecule has 0 spiro atoms. The highest BCUT2D eigenvalue weighted by atomic mass is 16.5. The van der Waals surface area contributed by atoms with Gasteiger partial charge in [0.2, 0.25) is 0 Å². The number of fused-ring (bicyclic) bond motifs is 3. The molecule has 1 saturated heterocycles. The number of nitrogens with two attached hydrogens (primary N) is 1. The van der Waals surface area contributed by atoms with E-state index in [1.54, 1.807) is 0 Å². The van der Waals surface area contributed by atoms with Gasteiger partial charge in [-0.2, -0.15) is 0 Å². The number of nitrogens with one attached hydrogen (secondary N) is 1. The minimum atomic E-state index is -0.852. The van der Waals surface area contributed by atoms with Gasteiger partial charge in [-0.15, -0.1) is 0 Å². The van der Waals surface area contributed by atoms with E-state index in [-0.39, 0.29) is 11.0 Å². The molecule has 7 rings (SSSR count). The predicted molar refractivity (Wildman–Crippen MR) is 144 cm³/mol. The van der Waals surface area contributed by atoms with Crippen molar-refractivity contribution in [2.45, 2.75) is 49.5 Å². The molecule has 1 aromatic carbocycles. The number of carbonyl (C=O) groups is 1. The highest BCUT2D eigenvalue weighted by Crippen LogP contribution is 2.64. The Morgan fingerprint density at radius 1 is 1.13 bits per heavy atom. The predicted octanol–water partition coefficient (Wildman–Crippen LogP) is 3.77. The second-order valence-corrected chi connectivity index (χ2v) is 11.3. The van der Waals surface area contributed by atoms with E-state index in [4.69, 9.17) is 20.2 Å². The van der Waals surface area contributed by atoms with Crippen LogP contribution in [0.15, 0.2) is 36.5 Å². The molecular weight excluding hydrogens is 480 g/mol. The lowest BCUT2D eigenvalue weighted by Crippen LogP contribution is -2.38. The van der Waals surface area contributed by atoms with E-state index in [0.717, 1.165) is 110 Å². The van der Waals surface area contributed by atoms with E-state index < -0.39 is 5.97 Å². The molecule has 0 radical (unpaired) electrons. The first-order valence-electron chi connectivity index (χ1n) is 13.8. The zero-order chi connectivity index (χ0) is 25.9. The number of pyridine rings is 1. The molecule has 8 heteroatoms. The lowest BCUT2D eigenvalue weighted by Gasteiger charge is -2.26. The van der Waals surface area contributed by atoms with Crippen LogP contribution in [0.5, 0.6) is 5.75 Å². The van der Waals surface area contributed by atoms with Crippen LogP contribution in [0, 0.1) is 0 Å². The normalized spacial score (nSPS) is 20.9. The van der Waals surface area contributed by atoms with Crippen LogP contribution in [0.3, 0.4) is 0 Å². The first-order chi connectivity index (χ1) is 18.5. The largest absolute Gasteiger partial charge is 0.492 e. The van der Waals surface area contributed by atoms with Crippen molar-refractivity contribution in [1.29, 1.82) is 0 Å². The van der Waals surface area contributed by atoms with E-state index in [1.807, 2.05) is 30.5 Å². The monoisotopic (exact) mass is 514 g/mol. The molecule has 4 N–H and O–H groups in total. The van der Waals surface area contributed by atoms with Gasteiger partial charge in [0.05, 0.1) is 30.2 Å². The van der Waals surface area contributed by atoms with Crippen LogP contribution in [-0.4, -0.2) is 70.9 Å². The third-order valence-corrected chi connectivity index (χ3v) is 9.12. The molecular formula is C30H34N4O4. The quantitative estimate of drug-likeness (QED) is 0.419. The van der Waals surface area contributed by atoms with Gasteiger partial charge in [-0.1, -0.05) is 0 Å². The lowest BCUT2D eigenvalue weighted by atomic mass is 9.85. The molecule has 3 aliphatic carbocycles. The Kier molecular flexibility index (Phi) is 5.61. The molecule has 3 aromatic rings. The minimum Gasteiger partial charge on any atom is -0.492 e. The second kappa shape index (κ2) is 8.93. The number of benzene rings is 1. The van der Waals surface area contributed by atoms with Crippen molar-refractivity contribution in [1.82, 2.24) is 14.9 Å². The maximum atomic E-state index is 12.5. The smallest absolute Gasteiger partial charge is 0.337 e. The highest BCUT2D eigenvalue weighted by molar-refractivity contribution is 5.95. The number of aryl methyl sites for hydroxylation is 1. The standard InChI is InChI=1S/C30H34N4O4/c31-30(9-10-30)29(7-8-29)27-25(28(35)36)22-6-3-20-18-32-24(17-23(20)26(22)33-27)19-1-4-21(5-2-19)38-16-13-34-11-14-37-15-12-34/h1-2,4-5,17-18,33H,3,6-16,31H2,(H,35,36). The fourth-order valence-corrected chi connectivity index (χ4v) is 6.52. The van der Waals surface area contributed by atoms with Gasteiger partial charge in [-0.25, -0.2) is 4.79 Å². The summed E-state index contributed by atoms with van der Waals surface area (Å²) in [5, 5.41) is 10.2. The molecule has 2 saturated carbocycles. The molecule has 1 aliphatic heterocycles. The zero-order valence-electron chi connectivity index (χ0n) is 21.6. The molecule has 2 aromatic heterocycles. The van der Waals surface area contributed by atoms with Crippen molar-refractivity contribution in [2.75, 3.05) is 39.5 Å². The third kappa shape index (κ3) is 3.94. The Labute approximate surface area is 222 Å². The van der Waals surface area contributed by atoms with Crippen LogP contribution in [-0.2, 0) is 23.0 Å². The van der Waals surface area contributed by atoms with Crippen molar-refractivity contribution >= 4 is 5.97 Å². The highest BCUT2D eigenvalue weighted by Gasteiger charge is 2.66. The topological polar surface area (TPSA) is 114 Å². The molecule has 3 heterocycles. The Balaban J connectivity index is 1.15. The molecule has 0 unspecified atom stereocenters. The molecule has 0 bridgehead atoms. The number of rotatable bonds is 8. The number of aromatic carboxylic acids is 1. The summed E-state index contributed by atoms with van der Waals surface area (Å²) in [6, 6.07) is 10.2. The third-order valence-electron chi connectivity index (χ3n) is 9.12. The number of carboxylic acid groups (broad SMARTS) is 1. The SMILES string of the molecule is NC1(C2(c3[nH]c4c(c3C(=O)O)CCc3cnc(-c5ccc(OCCN6CCOCC6)cc5)cc3-4)CC2)CC1. The van der Waals surface area contributed by atoms with Crippen LogP contribution >= 0.6 is 0 Å². The maximum absolute atomic E-state index is 12.5. The fourth-order valence-electron chi connectivity index (χ4n) is 6.52. The number of aromatic nitrogens is 2. The van der Waals surface area contributed by atoms with Crippen molar-refractivity contribution < 1.29 is 19.4 Å². The first kappa shape index (κ1) is 23.9. The average Bonchev–Trinajstić information content (AvgIpc) is 3.86. The number of ether oxygens (including phenoxy) is 2. The van der Waals surface area contributed by atoms with Crippen LogP contribution in [0.4, 0.5) is 0 Å². The van der Waals surface area contributed by atoms with Gasteiger partial charge < -0.3 is 25.3 Å². The van der Waals surface area contributed by atoms with Gasteiger partial charge in [0.15, 0.2) is 0 Å². The number of carboxylic acids is 1.